The minimum atomic E-state index is 0.279. The largest absolute Gasteiger partial charge is 0.118 e. The zero-order valence-electron chi connectivity index (χ0n) is 5.53. The molecule has 0 aromatic heterocycles. The summed E-state index contributed by atoms with van der Waals surface area (Å²) in [6, 6.07) is 0. The average Bonchev–Trinajstić information content (AvgIpc) is 1.59. The first-order valence-electron chi connectivity index (χ1n) is 2.58. The standard InChI is InChI=1S/C7H11I/c1-7(2,3)5-4-6-8/h5-6H,1-3H3. The molecule has 46 valence electrons. The molecule has 0 rings (SSSR count). The molecule has 0 nitrogen and oxygen atoms in total. The van der Waals surface area contributed by atoms with E-state index in [1.807, 2.05) is 4.08 Å². The van der Waals surface area contributed by atoms with Crippen LogP contribution in [0.2, 0.25) is 0 Å². The van der Waals surface area contributed by atoms with Crippen LogP contribution in [0.15, 0.2) is 15.9 Å². The van der Waals surface area contributed by atoms with E-state index in [4.69, 9.17) is 0 Å². The monoisotopic (exact) mass is 222 g/mol. The van der Waals surface area contributed by atoms with Gasteiger partial charge in [-0.3, -0.25) is 0 Å². The fraction of sp³-hybridized carbons (Fsp3) is 0.571. The van der Waals surface area contributed by atoms with Gasteiger partial charge in [-0.1, -0.05) is 20.8 Å². The lowest BCUT2D eigenvalue weighted by Crippen LogP contribution is -1.96. The van der Waals surface area contributed by atoms with E-state index >= 15 is 0 Å². The van der Waals surface area contributed by atoms with Crippen LogP contribution in [0.1, 0.15) is 20.8 Å². The zero-order valence-corrected chi connectivity index (χ0v) is 7.69. The van der Waals surface area contributed by atoms with Crippen molar-refractivity contribution in [1.29, 1.82) is 0 Å². The van der Waals surface area contributed by atoms with E-state index in [9.17, 15) is 0 Å². The Morgan fingerprint density at radius 3 is 2.00 bits per heavy atom. The van der Waals surface area contributed by atoms with Crippen LogP contribution >= 0.6 is 22.6 Å². The van der Waals surface area contributed by atoms with E-state index < -0.39 is 0 Å². The highest BCUT2D eigenvalue weighted by molar-refractivity contribution is 14.1. The SMILES string of the molecule is CC(C)(C)C=C=CI. The molecule has 0 N–H and O–H groups in total. The third kappa shape index (κ3) is 6.25. The molecule has 0 bridgehead atoms. The maximum absolute atomic E-state index is 3.02. The average molecular weight is 222 g/mol. The number of halogens is 1. The Hall–Kier alpha value is 0.250. The Morgan fingerprint density at radius 1 is 1.38 bits per heavy atom. The Bertz CT molecular complexity index is 111. The van der Waals surface area contributed by atoms with Gasteiger partial charge in [-0.25, -0.2) is 0 Å². The Kier molecular flexibility index (Phi) is 3.41. The molecular weight excluding hydrogens is 211 g/mol. The van der Waals surface area contributed by atoms with Gasteiger partial charge in [0, 0.05) is 4.08 Å². The second-order valence-corrected chi connectivity index (χ2v) is 3.41. The van der Waals surface area contributed by atoms with Crippen molar-refractivity contribution in [3.8, 4) is 0 Å². The molecule has 0 aliphatic rings. The van der Waals surface area contributed by atoms with Gasteiger partial charge >= 0.3 is 0 Å². The molecule has 0 spiro atoms. The van der Waals surface area contributed by atoms with Crippen LogP contribution in [-0.2, 0) is 0 Å². The summed E-state index contributed by atoms with van der Waals surface area (Å²) >= 11 is 2.16. The molecular formula is C7H11I. The van der Waals surface area contributed by atoms with E-state index in [1.165, 1.54) is 0 Å². The predicted molar refractivity (Wildman–Crippen MR) is 46.1 cm³/mol. The van der Waals surface area contributed by atoms with E-state index in [1.54, 1.807) is 0 Å². The lowest BCUT2D eigenvalue weighted by Gasteiger charge is -2.07. The molecule has 0 saturated heterocycles. The van der Waals surface area contributed by atoms with Crippen molar-refractivity contribution in [2.75, 3.05) is 0 Å². The molecule has 0 saturated carbocycles. The van der Waals surface area contributed by atoms with Crippen molar-refractivity contribution in [2.24, 2.45) is 5.41 Å². The van der Waals surface area contributed by atoms with Crippen molar-refractivity contribution >= 4 is 22.6 Å². The Balaban J connectivity index is 3.89. The molecule has 0 heterocycles. The van der Waals surface area contributed by atoms with Crippen molar-refractivity contribution in [2.45, 2.75) is 20.8 Å². The summed E-state index contributed by atoms with van der Waals surface area (Å²) in [6.07, 6.45) is 2.06. The Labute approximate surface area is 64.8 Å². The quantitative estimate of drug-likeness (QED) is 0.436. The fourth-order valence-corrected chi connectivity index (χ4v) is 0.461. The first-order chi connectivity index (χ1) is 3.56. The van der Waals surface area contributed by atoms with Gasteiger partial charge in [-0.05, 0) is 34.1 Å². The molecule has 0 aliphatic carbocycles. The molecule has 0 amide bonds. The molecule has 0 radical (unpaired) electrons. The minimum Gasteiger partial charge on any atom is -0.118 e. The first-order valence-corrected chi connectivity index (χ1v) is 3.83. The maximum atomic E-state index is 3.02. The Morgan fingerprint density at radius 2 is 1.88 bits per heavy atom. The minimum absolute atomic E-state index is 0.279. The molecule has 1 heteroatoms. The fourth-order valence-electron chi connectivity index (χ4n) is 0.281. The number of allylic oxidation sites excluding steroid dienone is 1. The third-order valence-corrected chi connectivity index (χ3v) is 0.939. The van der Waals surface area contributed by atoms with Gasteiger partial charge in [0.05, 0.1) is 0 Å². The molecule has 0 aromatic carbocycles. The molecule has 0 aliphatic heterocycles. The lowest BCUT2D eigenvalue weighted by atomic mass is 9.97. The van der Waals surface area contributed by atoms with Gasteiger partial charge in [-0.2, -0.15) is 0 Å². The molecule has 0 aromatic rings. The van der Waals surface area contributed by atoms with Gasteiger partial charge in [-0.15, -0.1) is 5.73 Å². The van der Waals surface area contributed by atoms with Gasteiger partial charge in [0.25, 0.3) is 0 Å². The summed E-state index contributed by atoms with van der Waals surface area (Å²) in [5, 5.41) is 0. The summed E-state index contributed by atoms with van der Waals surface area (Å²) in [7, 11) is 0. The van der Waals surface area contributed by atoms with Crippen LogP contribution in [0.5, 0.6) is 0 Å². The highest BCUT2D eigenvalue weighted by Gasteiger charge is 2.01. The summed E-state index contributed by atoms with van der Waals surface area (Å²) in [6.45, 7) is 6.46. The second-order valence-electron chi connectivity index (χ2n) is 2.79. The summed E-state index contributed by atoms with van der Waals surface area (Å²) in [4.78, 5) is 0. The van der Waals surface area contributed by atoms with Crippen LogP contribution in [0.25, 0.3) is 0 Å². The maximum Gasteiger partial charge on any atom is 0.0183 e. The van der Waals surface area contributed by atoms with E-state index in [0.717, 1.165) is 0 Å². The van der Waals surface area contributed by atoms with Gasteiger partial charge in [0.2, 0.25) is 0 Å². The predicted octanol–water partition coefficient (Wildman–Crippen LogP) is 3.14. The van der Waals surface area contributed by atoms with Crippen LogP contribution in [-0.4, -0.2) is 0 Å². The summed E-state index contributed by atoms with van der Waals surface area (Å²) in [5.74, 6) is 0. The van der Waals surface area contributed by atoms with Gasteiger partial charge < -0.3 is 0 Å². The summed E-state index contributed by atoms with van der Waals surface area (Å²) < 4.78 is 1.89. The van der Waals surface area contributed by atoms with Crippen molar-refractivity contribution in [3.63, 3.8) is 0 Å². The van der Waals surface area contributed by atoms with Crippen LogP contribution in [0.3, 0.4) is 0 Å². The molecule has 0 fully saturated rings. The van der Waals surface area contributed by atoms with Crippen molar-refractivity contribution < 1.29 is 0 Å². The molecule has 8 heavy (non-hydrogen) atoms. The number of rotatable bonds is 0. The first kappa shape index (κ1) is 8.25. The number of hydrogen-bond acceptors (Lipinski definition) is 0. The smallest absolute Gasteiger partial charge is 0.0183 e. The van der Waals surface area contributed by atoms with Crippen LogP contribution < -0.4 is 0 Å². The van der Waals surface area contributed by atoms with E-state index in [0.29, 0.717) is 0 Å². The molecule has 0 unspecified atom stereocenters. The van der Waals surface area contributed by atoms with E-state index in [2.05, 4.69) is 55.2 Å². The van der Waals surface area contributed by atoms with Crippen molar-refractivity contribution in [1.82, 2.24) is 0 Å². The third-order valence-electron chi connectivity index (χ3n) is 0.579. The highest BCUT2D eigenvalue weighted by Crippen LogP contribution is 2.13. The lowest BCUT2D eigenvalue weighted by molar-refractivity contribution is 0.545. The topological polar surface area (TPSA) is 0 Å². The molecule has 0 atom stereocenters. The van der Waals surface area contributed by atoms with Gasteiger partial charge in [0.15, 0.2) is 0 Å². The van der Waals surface area contributed by atoms with Gasteiger partial charge in [0.1, 0.15) is 0 Å². The van der Waals surface area contributed by atoms with Crippen LogP contribution in [0.4, 0.5) is 0 Å². The van der Waals surface area contributed by atoms with Crippen LogP contribution in [0, 0.1) is 5.41 Å². The summed E-state index contributed by atoms with van der Waals surface area (Å²) in [5.41, 5.74) is 3.30. The zero-order chi connectivity index (χ0) is 6.62. The number of hydrogen-bond donors (Lipinski definition) is 0. The van der Waals surface area contributed by atoms with E-state index in [-0.39, 0.29) is 5.41 Å². The second kappa shape index (κ2) is 3.31. The highest BCUT2D eigenvalue weighted by atomic mass is 127. The van der Waals surface area contributed by atoms with Crippen molar-refractivity contribution in [3.05, 3.63) is 15.9 Å². The normalized spacial score (nSPS) is 10.0.